The van der Waals surface area contributed by atoms with Gasteiger partial charge in [0.25, 0.3) is 0 Å². The van der Waals surface area contributed by atoms with Gasteiger partial charge in [0, 0.05) is 17.0 Å². The van der Waals surface area contributed by atoms with Crippen LogP contribution in [0.5, 0.6) is 0 Å². The predicted octanol–water partition coefficient (Wildman–Crippen LogP) is 1.84. The number of nitrogens with zero attached hydrogens (tertiary/aromatic N) is 1. The van der Waals surface area contributed by atoms with Gasteiger partial charge in [-0.25, -0.2) is 0 Å². The Bertz CT molecular complexity index is 258. The minimum atomic E-state index is 0.392. The second-order valence-electron chi connectivity index (χ2n) is 3.80. The van der Waals surface area contributed by atoms with E-state index < -0.39 is 0 Å². The molecule has 1 aromatic rings. The number of likely N-dealkylation sites (tertiary alicyclic amines) is 1. The number of rotatable bonds is 1. The van der Waals surface area contributed by atoms with Crippen LogP contribution in [-0.4, -0.2) is 24.5 Å². The molecule has 0 radical (unpaired) electrons. The SMILES string of the molecule is CN1CCC(N)CC1c1cccs1. The van der Waals surface area contributed by atoms with Gasteiger partial charge in [0.2, 0.25) is 0 Å². The van der Waals surface area contributed by atoms with Crippen molar-refractivity contribution < 1.29 is 0 Å². The summed E-state index contributed by atoms with van der Waals surface area (Å²) < 4.78 is 0. The molecule has 2 rings (SSSR count). The molecule has 2 unspecified atom stereocenters. The van der Waals surface area contributed by atoms with Gasteiger partial charge in [0.1, 0.15) is 0 Å². The first-order valence-corrected chi connectivity index (χ1v) is 5.64. The van der Waals surface area contributed by atoms with Gasteiger partial charge in [-0.15, -0.1) is 11.3 Å². The van der Waals surface area contributed by atoms with E-state index in [-0.39, 0.29) is 0 Å². The quantitative estimate of drug-likeness (QED) is 0.742. The smallest absolute Gasteiger partial charge is 0.0453 e. The van der Waals surface area contributed by atoms with E-state index >= 15 is 0 Å². The van der Waals surface area contributed by atoms with Gasteiger partial charge in [0.05, 0.1) is 0 Å². The fraction of sp³-hybridized carbons (Fsp3) is 0.600. The summed E-state index contributed by atoms with van der Waals surface area (Å²) in [6.07, 6.45) is 2.25. The Balaban J connectivity index is 2.12. The lowest BCUT2D eigenvalue weighted by atomic mass is 9.97. The predicted molar refractivity (Wildman–Crippen MR) is 56.9 cm³/mol. The molecule has 0 saturated carbocycles. The molecule has 72 valence electrons. The zero-order valence-electron chi connectivity index (χ0n) is 7.94. The molecule has 0 amide bonds. The first-order chi connectivity index (χ1) is 6.27. The van der Waals surface area contributed by atoms with Crippen LogP contribution in [0, 0.1) is 0 Å². The number of thiophene rings is 1. The first kappa shape index (κ1) is 9.19. The minimum Gasteiger partial charge on any atom is -0.328 e. The summed E-state index contributed by atoms with van der Waals surface area (Å²) in [4.78, 5) is 3.87. The molecule has 2 N–H and O–H groups in total. The van der Waals surface area contributed by atoms with E-state index in [1.54, 1.807) is 0 Å². The molecule has 0 aliphatic carbocycles. The molecule has 2 nitrogen and oxygen atoms in total. The van der Waals surface area contributed by atoms with Gasteiger partial charge in [0.15, 0.2) is 0 Å². The molecule has 1 aliphatic rings. The molecule has 0 bridgehead atoms. The van der Waals surface area contributed by atoms with E-state index in [1.807, 2.05) is 11.3 Å². The average molecular weight is 196 g/mol. The maximum atomic E-state index is 5.97. The third-order valence-corrected chi connectivity index (χ3v) is 3.76. The van der Waals surface area contributed by atoms with Crippen LogP contribution in [0.25, 0.3) is 0 Å². The van der Waals surface area contributed by atoms with Crippen molar-refractivity contribution in [1.29, 1.82) is 0 Å². The van der Waals surface area contributed by atoms with Crippen molar-refractivity contribution in [2.24, 2.45) is 5.73 Å². The summed E-state index contributed by atoms with van der Waals surface area (Å²) in [5.74, 6) is 0. The van der Waals surface area contributed by atoms with E-state index in [2.05, 4.69) is 29.5 Å². The highest BCUT2D eigenvalue weighted by Gasteiger charge is 2.25. The third kappa shape index (κ3) is 1.93. The van der Waals surface area contributed by atoms with Gasteiger partial charge in [-0.3, -0.25) is 4.90 Å². The molecule has 3 heteroatoms. The monoisotopic (exact) mass is 196 g/mol. The van der Waals surface area contributed by atoms with Crippen LogP contribution in [0.4, 0.5) is 0 Å². The Hall–Kier alpha value is -0.380. The topological polar surface area (TPSA) is 29.3 Å². The van der Waals surface area contributed by atoms with Crippen molar-refractivity contribution in [1.82, 2.24) is 4.90 Å². The molecule has 1 aromatic heterocycles. The maximum absolute atomic E-state index is 5.97. The zero-order valence-corrected chi connectivity index (χ0v) is 8.76. The van der Waals surface area contributed by atoms with Crippen LogP contribution in [0.15, 0.2) is 17.5 Å². The highest BCUT2D eigenvalue weighted by molar-refractivity contribution is 7.10. The summed E-state index contributed by atoms with van der Waals surface area (Å²) >= 11 is 1.84. The van der Waals surface area contributed by atoms with Gasteiger partial charge < -0.3 is 5.73 Å². The highest BCUT2D eigenvalue weighted by atomic mass is 32.1. The van der Waals surface area contributed by atoms with E-state index in [9.17, 15) is 0 Å². The Morgan fingerprint density at radius 2 is 2.46 bits per heavy atom. The lowest BCUT2D eigenvalue weighted by Gasteiger charge is -2.35. The van der Waals surface area contributed by atoms with Crippen molar-refractivity contribution >= 4 is 11.3 Å². The third-order valence-electron chi connectivity index (χ3n) is 2.78. The van der Waals surface area contributed by atoms with Crippen LogP contribution in [0.2, 0.25) is 0 Å². The number of hydrogen-bond acceptors (Lipinski definition) is 3. The molecule has 2 atom stereocenters. The normalized spacial score (nSPS) is 30.6. The van der Waals surface area contributed by atoms with Crippen LogP contribution >= 0.6 is 11.3 Å². The molecule has 1 saturated heterocycles. The summed E-state index contributed by atoms with van der Waals surface area (Å²) in [6.45, 7) is 1.13. The van der Waals surface area contributed by atoms with Crippen molar-refractivity contribution in [2.75, 3.05) is 13.6 Å². The number of hydrogen-bond donors (Lipinski definition) is 1. The van der Waals surface area contributed by atoms with Crippen molar-refractivity contribution in [2.45, 2.75) is 24.9 Å². The molecule has 1 aliphatic heterocycles. The summed E-state index contributed by atoms with van der Waals surface area (Å²) in [6, 6.07) is 5.28. The fourth-order valence-corrected chi connectivity index (χ4v) is 2.83. The van der Waals surface area contributed by atoms with Gasteiger partial charge in [-0.1, -0.05) is 6.07 Å². The zero-order chi connectivity index (χ0) is 9.26. The first-order valence-electron chi connectivity index (χ1n) is 4.76. The van der Waals surface area contributed by atoms with Gasteiger partial charge >= 0.3 is 0 Å². The molecular weight excluding hydrogens is 180 g/mol. The lowest BCUT2D eigenvalue weighted by Crippen LogP contribution is -2.39. The summed E-state index contributed by atoms with van der Waals surface area (Å²) in [5, 5.41) is 2.14. The van der Waals surface area contributed by atoms with Gasteiger partial charge in [-0.2, -0.15) is 0 Å². The standard InChI is InChI=1S/C10H16N2S/c1-12-5-4-8(11)7-9(12)10-3-2-6-13-10/h2-3,6,8-9H,4-5,7,11H2,1H3. The fourth-order valence-electron chi connectivity index (χ4n) is 1.92. The van der Waals surface area contributed by atoms with E-state index in [1.165, 1.54) is 4.88 Å². The molecular formula is C10H16N2S. The largest absolute Gasteiger partial charge is 0.328 e. The molecule has 13 heavy (non-hydrogen) atoms. The summed E-state index contributed by atoms with van der Waals surface area (Å²) in [5.41, 5.74) is 5.97. The Morgan fingerprint density at radius 1 is 1.62 bits per heavy atom. The molecule has 0 spiro atoms. The van der Waals surface area contributed by atoms with Crippen LogP contribution in [0.3, 0.4) is 0 Å². The van der Waals surface area contributed by atoms with E-state index in [4.69, 9.17) is 5.73 Å². The number of piperidine rings is 1. The second-order valence-corrected chi connectivity index (χ2v) is 4.78. The van der Waals surface area contributed by atoms with Crippen LogP contribution in [0.1, 0.15) is 23.8 Å². The Labute approximate surface area is 83.4 Å². The molecule has 0 aromatic carbocycles. The Kier molecular flexibility index (Phi) is 2.67. The van der Waals surface area contributed by atoms with Crippen molar-refractivity contribution in [3.8, 4) is 0 Å². The maximum Gasteiger partial charge on any atom is 0.0453 e. The van der Waals surface area contributed by atoms with E-state index in [0.717, 1.165) is 19.4 Å². The lowest BCUT2D eigenvalue weighted by molar-refractivity contribution is 0.174. The van der Waals surface area contributed by atoms with E-state index in [0.29, 0.717) is 12.1 Å². The number of nitrogens with two attached hydrogens (primary N) is 1. The average Bonchev–Trinajstić information content (AvgIpc) is 2.61. The van der Waals surface area contributed by atoms with Crippen LogP contribution < -0.4 is 5.73 Å². The van der Waals surface area contributed by atoms with Crippen molar-refractivity contribution in [3.63, 3.8) is 0 Å². The van der Waals surface area contributed by atoms with Crippen molar-refractivity contribution in [3.05, 3.63) is 22.4 Å². The molecule has 1 fully saturated rings. The van der Waals surface area contributed by atoms with Gasteiger partial charge in [-0.05, 0) is 37.9 Å². The molecule has 2 heterocycles. The summed E-state index contributed by atoms with van der Waals surface area (Å²) in [7, 11) is 2.19. The highest BCUT2D eigenvalue weighted by Crippen LogP contribution is 2.31. The second kappa shape index (κ2) is 3.78. The Morgan fingerprint density at radius 3 is 3.15 bits per heavy atom. The van der Waals surface area contributed by atoms with Crippen LogP contribution in [-0.2, 0) is 0 Å². The minimum absolute atomic E-state index is 0.392.